The molecule has 0 radical (unpaired) electrons. The number of rotatable bonds is 2. The maximum absolute atomic E-state index is 12.9. The predicted octanol–water partition coefficient (Wildman–Crippen LogP) is 3.19. The summed E-state index contributed by atoms with van der Waals surface area (Å²) in [4.78, 5) is 0. The first-order chi connectivity index (χ1) is 10.9. The van der Waals surface area contributed by atoms with Crippen molar-refractivity contribution in [2.24, 2.45) is 5.41 Å². The van der Waals surface area contributed by atoms with Crippen LogP contribution in [0.1, 0.15) is 63.6 Å². The van der Waals surface area contributed by atoms with Crippen molar-refractivity contribution < 1.29 is 4.21 Å². The zero-order valence-corrected chi connectivity index (χ0v) is 15.3. The molecule has 0 amide bonds. The summed E-state index contributed by atoms with van der Waals surface area (Å²) >= 11 is 0. The van der Waals surface area contributed by atoms with Gasteiger partial charge in [0.05, 0.1) is 21.8 Å². The average Bonchev–Trinajstić information content (AvgIpc) is 3.31. The summed E-state index contributed by atoms with van der Waals surface area (Å²) in [6.45, 7) is 8.32. The van der Waals surface area contributed by atoms with Gasteiger partial charge in [-0.15, -0.1) is 0 Å². The van der Waals surface area contributed by atoms with Crippen LogP contribution in [0.3, 0.4) is 0 Å². The van der Waals surface area contributed by atoms with Crippen LogP contribution in [0.15, 0.2) is 24.3 Å². The second-order valence-corrected chi connectivity index (χ2v) is 10.5. The molecule has 1 heterocycles. The highest BCUT2D eigenvalue weighted by atomic mass is 32.2. The molecule has 4 heteroatoms. The Bertz CT molecular complexity index is 639. The highest BCUT2D eigenvalue weighted by Crippen LogP contribution is 2.72. The Labute approximate surface area is 142 Å². The Kier molecular flexibility index (Phi) is 3.53. The van der Waals surface area contributed by atoms with Gasteiger partial charge in [0.1, 0.15) is 0 Å². The number of fused-ring (bicyclic) bond motifs is 3. The summed E-state index contributed by atoms with van der Waals surface area (Å²) in [5.41, 5.74) is 3.52. The van der Waals surface area contributed by atoms with Crippen LogP contribution < -0.4 is 10.0 Å². The maximum Gasteiger partial charge on any atom is 0.0976 e. The molecule has 3 nitrogen and oxygen atoms in total. The van der Waals surface area contributed by atoms with Gasteiger partial charge in [-0.1, -0.05) is 24.3 Å². The van der Waals surface area contributed by atoms with Crippen molar-refractivity contribution in [3.05, 3.63) is 35.4 Å². The third-order valence-corrected chi connectivity index (χ3v) is 7.88. The lowest BCUT2D eigenvalue weighted by atomic mass is 9.65. The normalized spacial score (nSPS) is 28.7. The van der Waals surface area contributed by atoms with Gasteiger partial charge in [-0.25, -0.2) is 8.93 Å². The lowest BCUT2D eigenvalue weighted by Crippen LogP contribution is -2.50. The topological polar surface area (TPSA) is 41.1 Å². The van der Waals surface area contributed by atoms with Crippen molar-refractivity contribution in [2.75, 3.05) is 13.1 Å². The summed E-state index contributed by atoms with van der Waals surface area (Å²) < 4.78 is 16.2. The molecule has 2 N–H and O–H groups in total. The third kappa shape index (κ3) is 2.18. The molecule has 2 spiro atoms. The second kappa shape index (κ2) is 5.14. The summed E-state index contributed by atoms with van der Waals surface area (Å²) in [5.74, 6) is 0. The Hall–Kier alpha value is -0.710. The van der Waals surface area contributed by atoms with Crippen molar-refractivity contribution in [1.82, 2.24) is 10.0 Å². The molecule has 4 rings (SSSR count). The van der Waals surface area contributed by atoms with Crippen molar-refractivity contribution in [3.63, 3.8) is 0 Å². The summed E-state index contributed by atoms with van der Waals surface area (Å²) in [7, 11) is -1.04. The molecule has 1 aliphatic heterocycles. The molecule has 3 aliphatic rings. The number of benzene rings is 1. The molecule has 2 atom stereocenters. The lowest BCUT2D eigenvalue weighted by Gasteiger charge is -2.45. The first-order valence-electron chi connectivity index (χ1n) is 8.89. The van der Waals surface area contributed by atoms with E-state index in [0.29, 0.717) is 5.41 Å². The molecule has 126 valence electrons. The standard InChI is InChI=1S/C19H28N2OS/c1-17(2,3)23(22)21-16-14-6-4-5-7-15(14)18(8-9-18)19(16)10-12-20-13-11-19/h4-7,16,20-21H,8-13H2,1-3H3/t16-,23-/m1/s1. The van der Waals surface area contributed by atoms with Gasteiger partial charge >= 0.3 is 0 Å². The summed E-state index contributed by atoms with van der Waals surface area (Å²) in [6, 6.07) is 9.14. The van der Waals surface area contributed by atoms with Crippen LogP contribution in [0.2, 0.25) is 0 Å². The van der Waals surface area contributed by atoms with E-state index in [-0.39, 0.29) is 16.2 Å². The Morgan fingerprint density at radius 1 is 1.13 bits per heavy atom. The fourth-order valence-corrected chi connectivity index (χ4v) is 5.94. The van der Waals surface area contributed by atoms with Crippen molar-refractivity contribution in [2.45, 2.75) is 62.7 Å². The molecule has 2 fully saturated rings. The molecule has 2 aliphatic carbocycles. The fraction of sp³-hybridized carbons (Fsp3) is 0.684. The van der Waals surface area contributed by atoms with E-state index in [4.69, 9.17) is 0 Å². The van der Waals surface area contributed by atoms with Gasteiger partial charge in [0, 0.05) is 10.8 Å². The Morgan fingerprint density at radius 3 is 2.39 bits per heavy atom. The molecule has 1 saturated carbocycles. The highest BCUT2D eigenvalue weighted by Gasteiger charge is 2.68. The molecule has 1 aromatic rings. The SMILES string of the molecule is CC(C)(C)[S@@](=O)N[C@@H]1c2ccccc2C2(CC2)C12CCNCC2. The molecular weight excluding hydrogens is 304 g/mol. The molecule has 23 heavy (non-hydrogen) atoms. The first kappa shape index (κ1) is 15.8. The minimum atomic E-state index is -1.04. The van der Waals surface area contributed by atoms with Crippen molar-refractivity contribution in [1.29, 1.82) is 0 Å². The smallest absolute Gasteiger partial charge is 0.0976 e. The van der Waals surface area contributed by atoms with Gasteiger partial charge in [0.15, 0.2) is 0 Å². The minimum Gasteiger partial charge on any atom is -0.317 e. The zero-order valence-electron chi connectivity index (χ0n) is 14.4. The van der Waals surface area contributed by atoms with E-state index in [1.165, 1.54) is 36.8 Å². The van der Waals surface area contributed by atoms with Crippen LogP contribution in [0.4, 0.5) is 0 Å². The van der Waals surface area contributed by atoms with E-state index in [0.717, 1.165) is 13.1 Å². The van der Waals surface area contributed by atoms with Crippen LogP contribution in [0.5, 0.6) is 0 Å². The molecule has 0 unspecified atom stereocenters. The van der Waals surface area contributed by atoms with E-state index in [9.17, 15) is 4.21 Å². The monoisotopic (exact) mass is 332 g/mol. The van der Waals surface area contributed by atoms with Gasteiger partial charge in [-0.2, -0.15) is 0 Å². The van der Waals surface area contributed by atoms with Crippen molar-refractivity contribution in [3.8, 4) is 0 Å². The Morgan fingerprint density at radius 2 is 1.78 bits per heavy atom. The van der Waals surface area contributed by atoms with Crippen LogP contribution in [0.25, 0.3) is 0 Å². The average molecular weight is 333 g/mol. The van der Waals surface area contributed by atoms with Crippen LogP contribution in [-0.2, 0) is 16.4 Å². The van der Waals surface area contributed by atoms with Gasteiger partial charge in [-0.05, 0) is 70.7 Å². The van der Waals surface area contributed by atoms with E-state index in [2.05, 4.69) is 55.1 Å². The van der Waals surface area contributed by atoms with E-state index < -0.39 is 11.0 Å². The third-order valence-electron chi connectivity index (χ3n) is 6.32. The molecule has 1 aromatic carbocycles. The maximum atomic E-state index is 12.9. The number of hydrogen-bond acceptors (Lipinski definition) is 2. The minimum absolute atomic E-state index is 0.225. The van der Waals surface area contributed by atoms with Gasteiger partial charge < -0.3 is 5.32 Å². The van der Waals surface area contributed by atoms with Crippen LogP contribution in [-0.4, -0.2) is 22.0 Å². The van der Waals surface area contributed by atoms with Gasteiger partial charge in [-0.3, -0.25) is 0 Å². The van der Waals surface area contributed by atoms with Crippen LogP contribution >= 0.6 is 0 Å². The van der Waals surface area contributed by atoms with E-state index in [1.807, 2.05) is 0 Å². The van der Waals surface area contributed by atoms with E-state index in [1.54, 1.807) is 0 Å². The number of nitrogens with one attached hydrogen (secondary N) is 2. The molecule has 0 bridgehead atoms. The summed E-state index contributed by atoms with van der Waals surface area (Å²) in [6.07, 6.45) is 4.95. The zero-order chi connectivity index (χ0) is 16.3. The molecular formula is C19H28N2OS. The molecule has 0 aromatic heterocycles. The largest absolute Gasteiger partial charge is 0.317 e. The lowest BCUT2D eigenvalue weighted by molar-refractivity contribution is 0.113. The van der Waals surface area contributed by atoms with Crippen LogP contribution in [0, 0.1) is 5.41 Å². The predicted molar refractivity (Wildman–Crippen MR) is 95.7 cm³/mol. The Balaban J connectivity index is 1.79. The second-order valence-electron chi connectivity index (χ2n) is 8.51. The fourth-order valence-electron chi connectivity index (χ4n) is 5.02. The number of hydrogen-bond donors (Lipinski definition) is 2. The van der Waals surface area contributed by atoms with Gasteiger partial charge in [0.2, 0.25) is 0 Å². The summed E-state index contributed by atoms with van der Waals surface area (Å²) in [5, 5.41) is 3.53. The van der Waals surface area contributed by atoms with E-state index >= 15 is 0 Å². The number of piperidine rings is 1. The van der Waals surface area contributed by atoms with Gasteiger partial charge in [0.25, 0.3) is 0 Å². The first-order valence-corrected chi connectivity index (χ1v) is 10.0. The highest BCUT2D eigenvalue weighted by molar-refractivity contribution is 7.84. The van der Waals surface area contributed by atoms with Crippen molar-refractivity contribution >= 4 is 11.0 Å². The molecule has 1 saturated heterocycles. The quantitative estimate of drug-likeness (QED) is 0.873.